The van der Waals surface area contributed by atoms with Gasteiger partial charge in [0.25, 0.3) is 0 Å². The third-order valence-electron chi connectivity index (χ3n) is 4.84. The first-order valence-electron chi connectivity index (χ1n) is 10.9. The second-order valence-corrected chi connectivity index (χ2v) is 7.33. The molecule has 0 amide bonds. The van der Waals surface area contributed by atoms with E-state index in [9.17, 15) is 0 Å². The number of hydrogen-bond donors (Lipinski definition) is 2. The normalized spacial score (nSPS) is 14.9. The van der Waals surface area contributed by atoms with Crippen LogP contribution in [0, 0.1) is 0 Å². The minimum atomic E-state index is 0.392. The fourth-order valence-corrected chi connectivity index (χ4v) is 3.14. The van der Waals surface area contributed by atoms with E-state index >= 15 is 0 Å². The molecule has 3 rings (SSSR count). The van der Waals surface area contributed by atoms with Crippen molar-refractivity contribution in [3.05, 3.63) is 48.2 Å². The van der Waals surface area contributed by atoms with Crippen molar-refractivity contribution in [2.45, 2.75) is 26.3 Å². The first-order valence-corrected chi connectivity index (χ1v) is 10.9. The molecule has 8 nitrogen and oxygen atoms in total. The number of nitrogens with zero attached hydrogens (tertiary/aromatic N) is 3. The predicted molar refractivity (Wildman–Crippen MR) is 122 cm³/mol. The number of morpholine rings is 1. The minimum absolute atomic E-state index is 0.392. The Morgan fingerprint density at radius 2 is 1.97 bits per heavy atom. The molecule has 1 fully saturated rings. The van der Waals surface area contributed by atoms with Gasteiger partial charge in [-0.2, -0.15) is 0 Å². The number of aromatic nitrogens is 1. The van der Waals surface area contributed by atoms with Gasteiger partial charge in [-0.15, -0.1) is 0 Å². The molecule has 1 aliphatic rings. The lowest BCUT2D eigenvalue weighted by Gasteiger charge is -2.26. The second kappa shape index (κ2) is 12.8. The molecule has 31 heavy (non-hydrogen) atoms. The molecule has 1 aliphatic heterocycles. The topological polar surface area (TPSA) is 94.2 Å². The fraction of sp³-hybridized carbons (Fsp3) is 0.478. The van der Waals surface area contributed by atoms with Crippen molar-refractivity contribution in [2.24, 2.45) is 10.7 Å². The van der Waals surface area contributed by atoms with Gasteiger partial charge in [0, 0.05) is 31.4 Å². The summed E-state index contributed by atoms with van der Waals surface area (Å²) in [6.45, 7) is 8.64. The number of benzene rings is 1. The predicted octanol–water partition coefficient (Wildman–Crippen LogP) is 2.79. The monoisotopic (exact) mass is 427 g/mol. The van der Waals surface area contributed by atoms with Gasteiger partial charge in [-0.05, 0) is 49.7 Å². The maximum absolute atomic E-state index is 6.03. The van der Waals surface area contributed by atoms with Gasteiger partial charge >= 0.3 is 0 Å². The fourth-order valence-electron chi connectivity index (χ4n) is 3.14. The van der Waals surface area contributed by atoms with Crippen molar-refractivity contribution in [2.75, 3.05) is 46.0 Å². The highest BCUT2D eigenvalue weighted by atomic mass is 16.5. The first-order chi connectivity index (χ1) is 15.2. The highest BCUT2D eigenvalue weighted by molar-refractivity contribution is 5.77. The number of guanidine groups is 1. The number of nitrogens with two attached hydrogens (primary N) is 1. The van der Waals surface area contributed by atoms with Crippen LogP contribution in [0.15, 0.2) is 47.6 Å². The molecular formula is C23H33N5O3. The van der Waals surface area contributed by atoms with Crippen LogP contribution in [-0.2, 0) is 11.3 Å². The zero-order chi connectivity index (χ0) is 21.7. The largest absolute Gasteiger partial charge is 0.494 e. The van der Waals surface area contributed by atoms with E-state index in [2.05, 4.69) is 27.1 Å². The Kier molecular flexibility index (Phi) is 9.40. The zero-order valence-corrected chi connectivity index (χ0v) is 18.3. The molecule has 0 saturated carbocycles. The standard InChI is InChI=1S/C23H33N5O3/c1-2-15-30-20-6-8-21(9-7-20)31-22-19(5-3-10-25-22)18-27-23(24)26-11-4-12-28-13-16-29-17-14-28/h3,5-10H,2,4,11-18H2,1H3,(H3,24,26,27). The van der Waals surface area contributed by atoms with Crippen LogP contribution in [0.1, 0.15) is 25.3 Å². The molecule has 0 bridgehead atoms. The van der Waals surface area contributed by atoms with Gasteiger partial charge in [0.2, 0.25) is 5.88 Å². The number of ether oxygens (including phenoxy) is 3. The molecule has 3 N–H and O–H groups in total. The highest BCUT2D eigenvalue weighted by Gasteiger charge is 2.09. The molecule has 0 spiro atoms. The summed E-state index contributed by atoms with van der Waals surface area (Å²) in [5, 5.41) is 3.18. The van der Waals surface area contributed by atoms with E-state index in [0.29, 0.717) is 30.7 Å². The lowest BCUT2D eigenvalue weighted by Crippen LogP contribution is -2.39. The lowest BCUT2D eigenvalue weighted by atomic mass is 10.2. The molecule has 0 unspecified atom stereocenters. The summed E-state index contributed by atoms with van der Waals surface area (Å²) in [5.74, 6) is 2.47. The molecule has 1 aromatic heterocycles. The van der Waals surface area contributed by atoms with E-state index in [0.717, 1.165) is 63.5 Å². The Labute approximate surface area is 184 Å². The van der Waals surface area contributed by atoms with Gasteiger partial charge < -0.3 is 25.3 Å². The SMILES string of the molecule is CCCOc1ccc(Oc2ncccc2CN=C(N)NCCCN2CCOCC2)cc1. The van der Waals surface area contributed by atoms with Crippen LogP contribution in [0.3, 0.4) is 0 Å². The van der Waals surface area contributed by atoms with E-state index in [4.69, 9.17) is 19.9 Å². The number of pyridine rings is 1. The van der Waals surface area contributed by atoms with E-state index < -0.39 is 0 Å². The van der Waals surface area contributed by atoms with Gasteiger partial charge in [-0.3, -0.25) is 4.90 Å². The van der Waals surface area contributed by atoms with Crippen LogP contribution in [0.4, 0.5) is 0 Å². The van der Waals surface area contributed by atoms with Crippen LogP contribution >= 0.6 is 0 Å². The Balaban J connectivity index is 1.46. The Morgan fingerprint density at radius 3 is 2.74 bits per heavy atom. The first kappa shape index (κ1) is 22.8. The van der Waals surface area contributed by atoms with Crippen LogP contribution in [0.2, 0.25) is 0 Å². The summed E-state index contributed by atoms with van der Waals surface area (Å²) in [5.41, 5.74) is 6.90. The summed E-state index contributed by atoms with van der Waals surface area (Å²) >= 11 is 0. The van der Waals surface area contributed by atoms with Gasteiger partial charge in [-0.1, -0.05) is 13.0 Å². The number of rotatable bonds is 11. The van der Waals surface area contributed by atoms with Gasteiger partial charge in [-0.25, -0.2) is 9.98 Å². The van der Waals surface area contributed by atoms with E-state index in [1.54, 1.807) is 6.20 Å². The Morgan fingerprint density at radius 1 is 1.19 bits per heavy atom. The summed E-state index contributed by atoms with van der Waals surface area (Å²) in [6, 6.07) is 11.3. The van der Waals surface area contributed by atoms with Crippen LogP contribution in [-0.4, -0.2) is 61.8 Å². The second-order valence-electron chi connectivity index (χ2n) is 7.33. The van der Waals surface area contributed by atoms with Crippen LogP contribution in [0.25, 0.3) is 0 Å². The molecule has 8 heteroatoms. The molecule has 2 aromatic rings. The molecule has 2 heterocycles. The van der Waals surface area contributed by atoms with Crippen LogP contribution < -0.4 is 20.5 Å². The van der Waals surface area contributed by atoms with Crippen molar-refractivity contribution in [1.82, 2.24) is 15.2 Å². The van der Waals surface area contributed by atoms with Crippen molar-refractivity contribution in [3.8, 4) is 17.4 Å². The smallest absolute Gasteiger partial charge is 0.224 e. The third kappa shape index (κ3) is 8.07. The molecule has 1 aromatic carbocycles. The van der Waals surface area contributed by atoms with Crippen molar-refractivity contribution in [1.29, 1.82) is 0 Å². The number of hydrogen-bond acceptors (Lipinski definition) is 6. The minimum Gasteiger partial charge on any atom is -0.494 e. The van der Waals surface area contributed by atoms with Crippen molar-refractivity contribution in [3.63, 3.8) is 0 Å². The summed E-state index contributed by atoms with van der Waals surface area (Å²) < 4.78 is 16.9. The lowest BCUT2D eigenvalue weighted by molar-refractivity contribution is 0.0376. The molecule has 1 saturated heterocycles. The molecule has 0 radical (unpaired) electrons. The Hall–Kier alpha value is -2.84. The Bertz CT molecular complexity index is 807. The molecule has 0 aliphatic carbocycles. The van der Waals surface area contributed by atoms with E-state index in [-0.39, 0.29) is 0 Å². The summed E-state index contributed by atoms with van der Waals surface area (Å²) in [6.07, 6.45) is 3.69. The van der Waals surface area contributed by atoms with E-state index in [1.165, 1.54) is 0 Å². The zero-order valence-electron chi connectivity index (χ0n) is 18.3. The number of aliphatic imine (C=N–C) groups is 1. The molecule has 0 atom stereocenters. The van der Waals surface area contributed by atoms with Crippen molar-refractivity contribution < 1.29 is 14.2 Å². The van der Waals surface area contributed by atoms with Gasteiger partial charge in [0.15, 0.2) is 5.96 Å². The van der Waals surface area contributed by atoms with Crippen molar-refractivity contribution >= 4 is 5.96 Å². The molecule has 168 valence electrons. The third-order valence-corrected chi connectivity index (χ3v) is 4.84. The quantitative estimate of drug-likeness (QED) is 0.323. The summed E-state index contributed by atoms with van der Waals surface area (Å²) in [4.78, 5) is 11.2. The number of nitrogens with one attached hydrogen (secondary N) is 1. The van der Waals surface area contributed by atoms with E-state index in [1.807, 2.05) is 36.4 Å². The maximum Gasteiger partial charge on any atom is 0.224 e. The van der Waals surface area contributed by atoms with Crippen LogP contribution in [0.5, 0.6) is 17.4 Å². The van der Waals surface area contributed by atoms with Gasteiger partial charge in [0.05, 0.1) is 26.4 Å². The highest BCUT2D eigenvalue weighted by Crippen LogP contribution is 2.25. The maximum atomic E-state index is 6.03. The molecular weight excluding hydrogens is 394 g/mol. The average Bonchev–Trinajstić information content (AvgIpc) is 2.81. The average molecular weight is 428 g/mol. The van der Waals surface area contributed by atoms with Gasteiger partial charge in [0.1, 0.15) is 11.5 Å². The summed E-state index contributed by atoms with van der Waals surface area (Å²) in [7, 11) is 0.